The summed E-state index contributed by atoms with van der Waals surface area (Å²) >= 11 is 1.58. The van der Waals surface area contributed by atoms with Crippen molar-refractivity contribution in [1.29, 1.82) is 0 Å². The Morgan fingerprint density at radius 3 is 2.26 bits per heavy atom. The highest BCUT2D eigenvalue weighted by Crippen LogP contribution is 2.66. The second-order valence-corrected chi connectivity index (χ2v) is 13.9. The van der Waals surface area contributed by atoms with E-state index < -0.39 is 33.4 Å². The van der Waals surface area contributed by atoms with Gasteiger partial charge in [-0.15, -0.1) is 11.8 Å². The van der Waals surface area contributed by atoms with Crippen LogP contribution in [0.1, 0.15) is 43.0 Å². The van der Waals surface area contributed by atoms with Gasteiger partial charge in [-0.2, -0.15) is 0 Å². The fraction of sp³-hybridized carbons (Fsp3) is 0.441. The van der Waals surface area contributed by atoms with Gasteiger partial charge in [0.05, 0.1) is 29.2 Å². The van der Waals surface area contributed by atoms with Crippen molar-refractivity contribution < 1.29 is 19.5 Å². The minimum Gasteiger partial charge on any atom is -0.394 e. The Labute approximate surface area is 252 Å². The molecule has 8 heteroatoms. The smallest absolute Gasteiger partial charge is 0.251 e. The van der Waals surface area contributed by atoms with Gasteiger partial charge >= 0.3 is 0 Å². The van der Waals surface area contributed by atoms with Crippen LogP contribution in [-0.2, 0) is 14.4 Å². The predicted molar refractivity (Wildman–Crippen MR) is 166 cm³/mol. The molecular weight excluding hydrogens is 546 g/mol. The van der Waals surface area contributed by atoms with Gasteiger partial charge in [-0.3, -0.25) is 14.4 Å². The average Bonchev–Trinajstić information content (AvgIpc) is 3.24. The van der Waals surface area contributed by atoms with Crippen LogP contribution in [0.25, 0.3) is 0 Å². The van der Waals surface area contributed by atoms with Crippen molar-refractivity contribution >= 4 is 35.2 Å². The van der Waals surface area contributed by atoms with Gasteiger partial charge in [-0.25, -0.2) is 0 Å². The highest BCUT2D eigenvalue weighted by molar-refractivity contribution is 8.02. The monoisotopic (exact) mass is 585 g/mol. The lowest BCUT2D eigenvalue weighted by Gasteiger charge is -2.40. The van der Waals surface area contributed by atoms with Crippen LogP contribution in [0.5, 0.6) is 0 Å². The summed E-state index contributed by atoms with van der Waals surface area (Å²) in [7, 11) is 0. The van der Waals surface area contributed by atoms with Gasteiger partial charge in [0.25, 0.3) is 5.91 Å². The summed E-state index contributed by atoms with van der Waals surface area (Å²) in [6.45, 7) is 9.23. The molecule has 1 unspecified atom stereocenters. The number of rotatable bonds is 6. The molecule has 1 N–H and O–H groups in total. The third-order valence-corrected chi connectivity index (χ3v) is 11.3. The lowest BCUT2D eigenvalue weighted by atomic mass is 9.74. The molecule has 220 valence electrons. The number of hydrogen-bond acceptors (Lipinski definition) is 5. The molecule has 4 aliphatic heterocycles. The van der Waals surface area contributed by atoms with Crippen LogP contribution in [0.15, 0.2) is 72.8 Å². The molecule has 4 heterocycles. The third-order valence-electron chi connectivity index (χ3n) is 9.47. The topological polar surface area (TPSA) is 81.2 Å². The Hall–Kier alpha value is -3.36. The number of benzene rings is 2. The second-order valence-electron chi connectivity index (χ2n) is 12.1. The highest BCUT2D eigenvalue weighted by atomic mass is 32.2. The van der Waals surface area contributed by atoms with E-state index in [1.54, 1.807) is 21.6 Å². The molecule has 3 amide bonds. The van der Waals surface area contributed by atoms with Gasteiger partial charge in [0.2, 0.25) is 11.8 Å². The van der Waals surface area contributed by atoms with E-state index in [9.17, 15) is 19.5 Å². The van der Waals surface area contributed by atoms with Gasteiger partial charge in [-0.1, -0.05) is 79.8 Å². The Balaban J connectivity index is 1.55. The van der Waals surface area contributed by atoms with Crippen molar-refractivity contribution in [2.45, 2.75) is 55.7 Å². The number of nitrogens with zero attached hydrogens (tertiary/aromatic N) is 3. The largest absolute Gasteiger partial charge is 0.394 e. The number of likely N-dealkylation sites (tertiary alicyclic amines) is 1. The number of aliphatic hydroxyl groups is 1. The van der Waals surface area contributed by atoms with Crippen LogP contribution in [0.4, 0.5) is 5.69 Å². The molecule has 2 fully saturated rings. The van der Waals surface area contributed by atoms with Crippen LogP contribution in [0, 0.1) is 25.7 Å². The fourth-order valence-electron chi connectivity index (χ4n) is 7.78. The maximum atomic E-state index is 15.0. The number of aryl methyl sites for hydroxylation is 2. The molecule has 0 bridgehead atoms. The zero-order chi connectivity index (χ0) is 29.8. The van der Waals surface area contributed by atoms with Crippen molar-refractivity contribution in [3.05, 3.63) is 89.5 Å². The van der Waals surface area contributed by atoms with Crippen LogP contribution in [0.2, 0.25) is 0 Å². The number of anilines is 1. The van der Waals surface area contributed by atoms with Gasteiger partial charge in [0.15, 0.2) is 0 Å². The van der Waals surface area contributed by atoms with Gasteiger partial charge in [-0.05, 0) is 43.9 Å². The first-order valence-corrected chi connectivity index (χ1v) is 15.7. The molecule has 1 spiro atoms. The Morgan fingerprint density at radius 1 is 0.905 bits per heavy atom. The second kappa shape index (κ2) is 10.7. The standard InChI is InChI=1S/C34H39N3O4S/c1-5-18-35-19-10-16-33(4)26(30(35)39)27-31(40)37(25(21-38)24-14-7-6-8-15-24)29-32(41)36(20-11-17-34(27,29)42-33)28-22(2)12-9-13-23(28)3/h6-17,25-27,29,38H,5,18-21H2,1-4H3/t25-,26-,27+,29?,33+,34+/m1/s1. The molecule has 2 aromatic carbocycles. The summed E-state index contributed by atoms with van der Waals surface area (Å²) in [6, 6.07) is 13.8. The number of hydrogen-bond donors (Lipinski definition) is 1. The zero-order valence-electron chi connectivity index (χ0n) is 24.7. The Bertz CT molecular complexity index is 1450. The Morgan fingerprint density at radius 2 is 1.60 bits per heavy atom. The summed E-state index contributed by atoms with van der Waals surface area (Å²) in [6.07, 6.45) is 9.00. The van der Waals surface area contributed by atoms with E-state index in [-0.39, 0.29) is 24.3 Å². The Kier molecular flexibility index (Phi) is 7.34. The highest BCUT2D eigenvalue weighted by Gasteiger charge is 2.74. The number of carbonyl (C=O) groups excluding carboxylic acids is 3. The van der Waals surface area contributed by atoms with E-state index in [1.165, 1.54) is 0 Å². The summed E-state index contributed by atoms with van der Waals surface area (Å²) < 4.78 is -1.64. The SMILES string of the molecule is CCCN1CC=C[C@]2(C)S[C@]34C=CCN(c5c(C)cccc5C)C(=O)C3N([C@H](CO)c3ccccc3)C(=O)[C@@H]4[C@@H]2C1=O. The van der Waals surface area contributed by atoms with E-state index in [0.717, 1.165) is 28.8 Å². The van der Waals surface area contributed by atoms with Crippen LogP contribution >= 0.6 is 11.8 Å². The summed E-state index contributed by atoms with van der Waals surface area (Å²) in [5, 5.41) is 10.8. The maximum absolute atomic E-state index is 15.0. The van der Waals surface area contributed by atoms with Crippen molar-refractivity contribution in [3.63, 3.8) is 0 Å². The zero-order valence-corrected chi connectivity index (χ0v) is 25.5. The van der Waals surface area contributed by atoms with E-state index in [0.29, 0.717) is 19.6 Å². The van der Waals surface area contributed by atoms with Crippen LogP contribution in [-0.4, -0.2) is 74.4 Å². The molecule has 6 atom stereocenters. The first-order chi connectivity index (χ1) is 20.2. The van der Waals surface area contributed by atoms with Gasteiger partial charge in [0, 0.05) is 30.1 Å². The molecule has 0 aromatic heterocycles. The third kappa shape index (κ3) is 4.17. The van der Waals surface area contributed by atoms with Crippen LogP contribution in [0.3, 0.4) is 0 Å². The van der Waals surface area contributed by atoms with Crippen molar-refractivity contribution in [3.8, 4) is 0 Å². The van der Waals surface area contributed by atoms with Gasteiger partial charge < -0.3 is 19.8 Å². The fourth-order valence-corrected chi connectivity index (χ4v) is 9.92. The normalized spacial score (nSPS) is 31.1. The van der Waals surface area contributed by atoms with Crippen molar-refractivity contribution in [1.82, 2.24) is 9.80 Å². The van der Waals surface area contributed by atoms with E-state index in [2.05, 4.69) is 6.08 Å². The first-order valence-electron chi connectivity index (χ1n) is 14.9. The molecule has 0 saturated carbocycles. The lowest BCUT2D eigenvalue weighted by molar-refractivity contribution is -0.145. The quantitative estimate of drug-likeness (QED) is 0.508. The molecule has 7 nitrogen and oxygen atoms in total. The van der Waals surface area contributed by atoms with Crippen LogP contribution < -0.4 is 4.90 Å². The van der Waals surface area contributed by atoms with Crippen molar-refractivity contribution in [2.75, 3.05) is 31.1 Å². The van der Waals surface area contributed by atoms with Gasteiger partial charge in [0.1, 0.15) is 6.04 Å². The van der Waals surface area contributed by atoms with E-state index in [1.807, 2.05) is 99.4 Å². The minimum atomic E-state index is -0.976. The number of aliphatic hydroxyl groups excluding tert-OH is 1. The predicted octanol–water partition coefficient (Wildman–Crippen LogP) is 4.44. The molecule has 2 aromatic rings. The van der Waals surface area contributed by atoms with Crippen molar-refractivity contribution in [2.24, 2.45) is 11.8 Å². The summed E-state index contributed by atoms with van der Waals surface area (Å²) in [5.74, 6) is -1.85. The number of amides is 3. The minimum absolute atomic E-state index is 0.0374. The molecule has 4 aliphatic rings. The summed E-state index contributed by atoms with van der Waals surface area (Å²) in [4.78, 5) is 49.4. The van der Waals surface area contributed by atoms with E-state index >= 15 is 0 Å². The average molecular weight is 586 g/mol. The number of thioether (sulfide) groups is 1. The molecule has 0 radical (unpaired) electrons. The van der Waals surface area contributed by atoms with E-state index in [4.69, 9.17) is 0 Å². The maximum Gasteiger partial charge on any atom is 0.251 e. The lowest BCUT2D eigenvalue weighted by Crippen LogP contribution is -2.55. The summed E-state index contributed by atoms with van der Waals surface area (Å²) in [5.41, 5.74) is 3.56. The first kappa shape index (κ1) is 28.7. The molecule has 0 aliphatic carbocycles. The number of fused-ring (bicyclic) bond motifs is 2. The molecular formula is C34H39N3O4S. The number of carbonyl (C=O) groups is 3. The molecule has 2 saturated heterocycles. The number of para-hydroxylation sites is 1. The molecule has 6 rings (SSSR count). The molecule has 42 heavy (non-hydrogen) atoms.